The number of hydrogen-bond acceptors (Lipinski definition) is 2. The largest absolute Gasteiger partial charge is 0.351 e. The van der Waals surface area contributed by atoms with Gasteiger partial charge in [0.2, 0.25) is 5.91 Å². The summed E-state index contributed by atoms with van der Waals surface area (Å²) < 4.78 is 12.9. The molecule has 0 saturated carbocycles. The molecule has 22 heavy (non-hydrogen) atoms. The van der Waals surface area contributed by atoms with Gasteiger partial charge in [0, 0.05) is 0 Å². The maximum absolute atomic E-state index is 12.9. The van der Waals surface area contributed by atoms with E-state index in [1.165, 1.54) is 23.3 Å². The molecule has 2 aromatic carbocycles. The number of carbonyl (C=O) groups is 1. The van der Waals surface area contributed by atoms with Crippen molar-refractivity contribution in [1.29, 1.82) is 0 Å². The highest BCUT2D eigenvalue weighted by Crippen LogP contribution is 2.30. The van der Waals surface area contributed by atoms with Crippen molar-refractivity contribution < 1.29 is 9.18 Å². The Bertz CT molecular complexity index is 669. The van der Waals surface area contributed by atoms with Gasteiger partial charge in [0.05, 0.1) is 18.5 Å². The molecule has 3 nitrogen and oxygen atoms in total. The van der Waals surface area contributed by atoms with E-state index < -0.39 is 0 Å². The molecule has 1 amide bonds. The lowest BCUT2D eigenvalue weighted by atomic mass is 10.1. The van der Waals surface area contributed by atoms with Crippen LogP contribution in [0.25, 0.3) is 0 Å². The maximum Gasteiger partial charge on any atom is 0.224 e. The standard InChI is InChI=1S/C18H19FN2O/c1-20-18-15-5-3-2-4-13(15)11-16(18)21-17(22)10-12-6-8-14(19)9-7-12/h2-9,16,18,20H,10-11H2,1H3,(H,21,22)/t16-,18+/m0/s1. The van der Waals surface area contributed by atoms with Crippen molar-refractivity contribution in [3.8, 4) is 0 Å². The molecule has 3 rings (SSSR count). The van der Waals surface area contributed by atoms with Crippen LogP contribution in [0.15, 0.2) is 48.5 Å². The maximum atomic E-state index is 12.9. The lowest BCUT2D eigenvalue weighted by Gasteiger charge is -2.21. The van der Waals surface area contributed by atoms with Gasteiger partial charge in [-0.3, -0.25) is 4.79 Å². The third kappa shape index (κ3) is 3.02. The molecule has 2 atom stereocenters. The second kappa shape index (κ2) is 6.28. The fraction of sp³-hybridized carbons (Fsp3) is 0.278. The smallest absolute Gasteiger partial charge is 0.224 e. The average Bonchev–Trinajstić information content (AvgIpc) is 2.86. The summed E-state index contributed by atoms with van der Waals surface area (Å²) in [6, 6.07) is 14.5. The lowest BCUT2D eigenvalue weighted by molar-refractivity contribution is -0.121. The normalized spacial score (nSPS) is 19.7. The van der Waals surface area contributed by atoms with Crippen molar-refractivity contribution in [2.75, 3.05) is 7.05 Å². The van der Waals surface area contributed by atoms with Crippen LogP contribution in [0, 0.1) is 5.82 Å². The van der Waals surface area contributed by atoms with E-state index in [4.69, 9.17) is 0 Å². The number of fused-ring (bicyclic) bond motifs is 1. The number of likely N-dealkylation sites (N-methyl/N-ethyl adjacent to an activating group) is 1. The van der Waals surface area contributed by atoms with Gasteiger partial charge in [-0.05, 0) is 42.3 Å². The van der Waals surface area contributed by atoms with Crippen LogP contribution in [-0.4, -0.2) is 19.0 Å². The summed E-state index contributed by atoms with van der Waals surface area (Å²) in [4.78, 5) is 12.2. The summed E-state index contributed by atoms with van der Waals surface area (Å²) in [5, 5.41) is 6.38. The molecule has 0 saturated heterocycles. The van der Waals surface area contributed by atoms with E-state index in [0.717, 1.165) is 12.0 Å². The summed E-state index contributed by atoms with van der Waals surface area (Å²) in [7, 11) is 1.91. The van der Waals surface area contributed by atoms with E-state index in [1.54, 1.807) is 12.1 Å². The quantitative estimate of drug-likeness (QED) is 0.910. The van der Waals surface area contributed by atoms with Gasteiger partial charge in [-0.1, -0.05) is 36.4 Å². The molecule has 1 aliphatic carbocycles. The molecule has 0 spiro atoms. The van der Waals surface area contributed by atoms with Crippen LogP contribution in [0.4, 0.5) is 4.39 Å². The summed E-state index contributed by atoms with van der Waals surface area (Å²) in [6.45, 7) is 0. The second-order valence-electron chi connectivity index (χ2n) is 5.65. The fourth-order valence-electron chi connectivity index (χ4n) is 3.13. The number of halogens is 1. The molecule has 2 aromatic rings. The molecule has 4 heteroatoms. The summed E-state index contributed by atoms with van der Waals surface area (Å²) >= 11 is 0. The number of nitrogens with one attached hydrogen (secondary N) is 2. The Morgan fingerprint density at radius 3 is 2.64 bits per heavy atom. The van der Waals surface area contributed by atoms with Gasteiger partial charge in [-0.15, -0.1) is 0 Å². The van der Waals surface area contributed by atoms with E-state index in [9.17, 15) is 9.18 Å². The van der Waals surface area contributed by atoms with Crippen LogP contribution in [0.2, 0.25) is 0 Å². The summed E-state index contributed by atoms with van der Waals surface area (Å²) in [6.07, 6.45) is 1.10. The molecule has 0 fully saturated rings. The van der Waals surface area contributed by atoms with Crippen molar-refractivity contribution in [2.24, 2.45) is 0 Å². The van der Waals surface area contributed by atoms with Crippen molar-refractivity contribution >= 4 is 5.91 Å². The van der Waals surface area contributed by atoms with Crippen molar-refractivity contribution in [3.63, 3.8) is 0 Å². The van der Waals surface area contributed by atoms with E-state index >= 15 is 0 Å². The Balaban J connectivity index is 1.66. The van der Waals surface area contributed by atoms with Crippen LogP contribution in [-0.2, 0) is 17.6 Å². The SMILES string of the molecule is CN[C@@H]1c2ccccc2C[C@@H]1NC(=O)Cc1ccc(F)cc1. The molecule has 114 valence electrons. The van der Waals surface area contributed by atoms with Gasteiger partial charge in [0.25, 0.3) is 0 Å². The number of benzene rings is 2. The Hall–Kier alpha value is -2.20. The Morgan fingerprint density at radius 2 is 1.91 bits per heavy atom. The van der Waals surface area contributed by atoms with Crippen molar-refractivity contribution in [1.82, 2.24) is 10.6 Å². The van der Waals surface area contributed by atoms with Gasteiger partial charge in [0.1, 0.15) is 5.82 Å². The average molecular weight is 298 g/mol. The predicted molar refractivity (Wildman–Crippen MR) is 84.0 cm³/mol. The number of rotatable bonds is 4. The molecular formula is C18H19FN2O. The highest BCUT2D eigenvalue weighted by molar-refractivity contribution is 5.79. The first-order chi connectivity index (χ1) is 10.7. The molecule has 1 aliphatic rings. The van der Waals surface area contributed by atoms with Gasteiger partial charge >= 0.3 is 0 Å². The number of carbonyl (C=O) groups excluding carboxylic acids is 1. The molecule has 0 bridgehead atoms. The molecule has 2 N–H and O–H groups in total. The van der Waals surface area contributed by atoms with Gasteiger partial charge < -0.3 is 10.6 Å². The fourth-order valence-corrected chi connectivity index (χ4v) is 3.13. The zero-order valence-corrected chi connectivity index (χ0v) is 12.5. The highest BCUT2D eigenvalue weighted by atomic mass is 19.1. The first-order valence-electron chi connectivity index (χ1n) is 7.46. The van der Waals surface area contributed by atoms with E-state index in [-0.39, 0.29) is 30.2 Å². The van der Waals surface area contributed by atoms with Crippen molar-refractivity contribution in [3.05, 3.63) is 71.0 Å². The van der Waals surface area contributed by atoms with Crippen LogP contribution < -0.4 is 10.6 Å². The number of hydrogen-bond donors (Lipinski definition) is 2. The van der Waals surface area contributed by atoms with Crippen molar-refractivity contribution in [2.45, 2.75) is 24.9 Å². The Labute approximate surface area is 129 Å². The molecule has 0 aliphatic heterocycles. The van der Waals surface area contributed by atoms with Gasteiger partial charge in [-0.2, -0.15) is 0 Å². The van der Waals surface area contributed by atoms with E-state index in [1.807, 2.05) is 19.2 Å². The zero-order chi connectivity index (χ0) is 15.5. The van der Waals surface area contributed by atoms with Gasteiger partial charge in [0.15, 0.2) is 0 Å². The minimum atomic E-state index is -0.286. The lowest BCUT2D eigenvalue weighted by Crippen LogP contribution is -2.42. The number of amides is 1. The Kier molecular flexibility index (Phi) is 4.20. The summed E-state index contributed by atoms with van der Waals surface area (Å²) in [5.41, 5.74) is 3.33. The molecule has 0 radical (unpaired) electrons. The highest BCUT2D eigenvalue weighted by Gasteiger charge is 2.31. The third-order valence-electron chi connectivity index (χ3n) is 4.17. The first kappa shape index (κ1) is 14.7. The molecular weight excluding hydrogens is 279 g/mol. The van der Waals surface area contributed by atoms with Crippen LogP contribution in [0.5, 0.6) is 0 Å². The predicted octanol–water partition coefficient (Wildman–Crippen LogP) is 2.37. The monoisotopic (exact) mass is 298 g/mol. The Morgan fingerprint density at radius 1 is 1.18 bits per heavy atom. The topological polar surface area (TPSA) is 41.1 Å². The second-order valence-corrected chi connectivity index (χ2v) is 5.65. The minimum absolute atomic E-state index is 0.0373. The molecule has 0 heterocycles. The molecule has 0 unspecified atom stereocenters. The zero-order valence-electron chi connectivity index (χ0n) is 12.5. The van der Waals surface area contributed by atoms with Crippen LogP contribution in [0.1, 0.15) is 22.7 Å². The van der Waals surface area contributed by atoms with E-state index in [0.29, 0.717) is 0 Å². The first-order valence-corrected chi connectivity index (χ1v) is 7.46. The third-order valence-corrected chi connectivity index (χ3v) is 4.17. The van der Waals surface area contributed by atoms with Crippen LogP contribution >= 0.6 is 0 Å². The van der Waals surface area contributed by atoms with E-state index in [2.05, 4.69) is 22.8 Å². The van der Waals surface area contributed by atoms with Gasteiger partial charge in [-0.25, -0.2) is 4.39 Å². The minimum Gasteiger partial charge on any atom is -0.351 e. The summed E-state index contributed by atoms with van der Waals surface area (Å²) in [5.74, 6) is -0.324. The van der Waals surface area contributed by atoms with Crippen LogP contribution in [0.3, 0.4) is 0 Å². The molecule has 0 aromatic heterocycles.